The molecule has 3 aliphatic rings. The van der Waals surface area contributed by atoms with E-state index in [1.165, 1.54) is 21.2 Å². The molecule has 1 amide bonds. The van der Waals surface area contributed by atoms with Crippen LogP contribution in [-0.4, -0.2) is 43.0 Å². The Kier molecular flexibility index (Phi) is 10.3. The Morgan fingerprint density at radius 3 is 2.50 bits per heavy atom. The number of likely N-dealkylation sites (tertiary alicyclic amines) is 1. The molecular weight excluding hydrogens is 557 g/mol. The first-order chi connectivity index (χ1) is 16.6. The molecule has 2 aromatic carbocycles. The number of nitrogens with zero attached hydrogens (tertiary/aromatic N) is 1. The number of hydrogen-bond acceptors (Lipinski definition) is 1. The van der Waals surface area contributed by atoms with Crippen molar-refractivity contribution in [2.75, 3.05) is 26.2 Å². The van der Waals surface area contributed by atoms with Gasteiger partial charge >= 0.3 is 0 Å². The van der Waals surface area contributed by atoms with Gasteiger partial charge in [0.2, 0.25) is 5.91 Å². The minimum atomic E-state index is -0.0663. The van der Waals surface area contributed by atoms with Crippen molar-refractivity contribution < 1.29 is 40.2 Å². The number of amides is 1. The Hall–Kier alpha value is -1.11. The highest BCUT2D eigenvalue weighted by Gasteiger charge is 2.57. The van der Waals surface area contributed by atoms with Gasteiger partial charge < -0.3 is 40.3 Å². The van der Waals surface area contributed by atoms with Crippen LogP contribution in [0.15, 0.2) is 53.0 Å². The highest BCUT2D eigenvalue weighted by atomic mass is 79.9. The molecule has 5 rings (SSSR count). The summed E-state index contributed by atoms with van der Waals surface area (Å²) in [6.07, 6.45) is 4.44. The van der Waals surface area contributed by atoms with E-state index < -0.39 is 0 Å². The van der Waals surface area contributed by atoms with E-state index in [9.17, 15) is 4.79 Å². The van der Waals surface area contributed by atoms with Gasteiger partial charge in [-0.3, -0.25) is 4.79 Å². The zero-order valence-corrected chi connectivity index (χ0v) is 24.5. The van der Waals surface area contributed by atoms with Gasteiger partial charge in [0.1, 0.15) is 17.9 Å². The van der Waals surface area contributed by atoms with Crippen LogP contribution in [0.2, 0.25) is 0 Å². The summed E-state index contributed by atoms with van der Waals surface area (Å²) in [6, 6.07) is 17.9. The van der Waals surface area contributed by atoms with E-state index in [0.717, 1.165) is 58.4 Å². The predicted octanol–water partition coefficient (Wildman–Crippen LogP) is -2.82. The second-order valence-electron chi connectivity index (χ2n) is 10.7. The van der Waals surface area contributed by atoms with Crippen molar-refractivity contribution in [1.82, 2.24) is 4.90 Å². The van der Waals surface area contributed by atoms with Gasteiger partial charge in [-0.2, -0.15) is 0 Å². The number of hydrogen-bond donors (Lipinski definition) is 2. The van der Waals surface area contributed by atoms with Crippen LogP contribution in [0.1, 0.15) is 62.1 Å². The van der Waals surface area contributed by atoms with Crippen molar-refractivity contribution in [1.29, 1.82) is 0 Å². The van der Waals surface area contributed by atoms with E-state index in [1.807, 2.05) is 0 Å². The lowest BCUT2D eigenvalue weighted by Crippen LogP contribution is -3.00. The molecule has 0 aromatic heterocycles. The molecule has 0 radical (unpaired) electrons. The van der Waals surface area contributed by atoms with Crippen molar-refractivity contribution in [3.05, 3.63) is 69.7 Å². The van der Waals surface area contributed by atoms with Gasteiger partial charge in [-0.25, -0.2) is 0 Å². The van der Waals surface area contributed by atoms with Gasteiger partial charge in [0.25, 0.3) is 0 Å². The average molecular weight is 597 g/mol. The maximum absolute atomic E-state index is 14.4. The molecule has 4 N–H and O–H groups in total. The molecule has 36 heavy (non-hydrogen) atoms. The van der Waals surface area contributed by atoms with Gasteiger partial charge in [0, 0.05) is 22.6 Å². The standard InChI is InChI=1S/C29H38BrN3O.2ClH/c1-3-20(4-2)27-15-22(21-9-6-5-7-10-21)13-14-33(27)28(34)25-17-32-19-29(25)18-31-16-23-24(29)11-8-12-26(23)30;;/h5-12,20,22,25,27,31-32H,3-4,13-19H2,1-2H3;2*1H/t22-,25+,27+,29+;;/m1../s1. The Balaban J connectivity index is 0.00000180. The highest BCUT2D eigenvalue weighted by Crippen LogP contribution is 2.42. The Morgan fingerprint density at radius 2 is 1.78 bits per heavy atom. The van der Waals surface area contributed by atoms with E-state index in [1.54, 1.807) is 0 Å². The largest absolute Gasteiger partial charge is 1.00 e. The zero-order chi connectivity index (χ0) is 23.7. The molecule has 198 valence electrons. The van der Waals surface area contributed by atoms with Crippen LogP contribution in [0.4, 0.5) is 0 Å². The topological polar surface area (TPSA) is 53.5 Å². The Morgan fingerprint density at radius 1 is 1.06 bits per heavy atom. The maximum atomic E-state index is 14.4. The molecule has 2 fully saturated rings. The van der Waals surface area contributed by atoms with Crippen LogP contribution < -0.4 is 35.4 Å². The first kappa shape index (κ1) is 29.4. The number of rotatable bonds is 5. The Bertz CT molecular complexity index is 1020. The predicted molar refractivity (Wildman–Crippen MR) is 139 cm³/mol. The van der Waals surface area contributed by atoms with Crippen molar-refractivity contribution in [3.8, 4) is 0 Å². The van der Waals surface area contributed by atoms with Crippen molar-refractivity contribution in [2.45, 2.75) is 63.5 Å². The third kappa shape index (κ3) is 5.24. The summed E-state index contributed by atoms with van der Waals surface area (Å²) < 4.78 is 1.19. The summed E-state index contributed by atoms with van der Waals surface area (Å²) in [5.41, 5.74) is 4.18. The summed E-state index contributed by atoms with van der Waals surface area (Å²) in [5, 5.41) is 4.82. The summed E-state index contributed by atoms with van der Waals surface area (Å²) in [6.45, 7) is 9.43. The van der Waals surface area contributed by atoms with Crippen LogP contribution in [0.25, 0.3) is 0 Å². The summed E-state index contributed by atoms with van der Waals surface area (Å²) in [4.78, 5) is 16.8. The van der Waals surface area contributed by atoms with Crippen LogP contribution in [-0.2, 0) is 16.8 Å². The minimum absolute atomic E-state index is 0. The van der Waals surface area contributed by atoms with Crippen LogP contribution in [0.3, 0.4) is 0 Å². The van der Waals surface area contributed by atoms with E-state index in [0.29, 0.717) is 23.8 Å². The van der Waals surface area contributed by atoms with Crippen molar-refractivity contribution >= 4 is 21.8 Å². The molecule has 0 bridgehead atoms. The van der Waals surface area contributed by atoms with E-state index in [2.05, 4.69) is 93.8 Å². The smallest absolute Gasteiger partial charge is 0.233 e. The SMILES string of the molecule is CCC(CC)[C@@H]1C[C@H](c2ccccc2)CCN1C(=O)[C@@H]1C[NH2+]C[C@]12C[NH2+]Cc1c(Br)cccc12.[Cl-].[Cl-]. The normalized spacial score (nSPS) is 27.3. The zero-order valence-electron chi connectivity index (χ0n) is 21.4. The molecular formula is C29H40BrCl2N3O. The van der Waals surface area contributed by atoms with Crippen molar-refractivity contribution in [3.63, 3.8) is 0 Å². The molecule has 1 spiro atoms. The molecule has 2 saturated heterocycles. The molecule has 7 heteroatoms. The summed E-state index contributed by atoms with van der Waals surface area (Å²) in [7, 11) is 0. The number of carbonyl (C=O) groups excluding carboxylic acids is 1. The molecule has 2 aromatic rings. The molecule has 4 atom stereocenters. The highest BCUT2D eigenvalue weighted by molar-refractivity contribution is 9.10. The quantitative estimate of drug-likeness (QED) is 0.384. The minimum Gasteiger partial charge on any atom is -1.00 e. The fraction of sp³-hybridized carbons (Fsp3) is 0.552. The van der Waals surface area contributed by atoms with E-state index >= 15 is 0 Å². The van der Waals surface area contributed by atoms with Gasteiger partial charge in [0.05, 0.1) is 19.6 Å². The number of benzene rings is 2. The maximum Gasteiger partial charge on any atom is 0.233 e. The molecule has 0 aliphatic carbocycles. The molecule has 4 nitrogen and oxygen atoms in total. The van der Waals surface area contributed by atoms with E-state index in [-0.39, 0.29) is 36.1 Å². The lowest BCUT2D eigenvalue weighted by molar-refractivity contribution is -0.691. The summed E-state index contributed by atoms with van der Waals surface area (Å²) >= 11 is 3.80. The second kappa shape index (κ2) is 12.6. The number of piperidine rings is 1. The van der Waals surface area contributed by atoms with Gasteiger partial charge in [-0.05, 0) is 41.9 Å². The lowest BCUT2D eigenvalue weighted by atomic mass is 9.68. The van der Waals surface area contributed by atoms with Crippen LogP contribution in [0.5, 0.6) is 0 Å². The lowest BCUT2D eigenvalue weighted by Gasteiger charge is -2.46. The second-order valence-corrected chi connectivity index (χ2v) is 11.6. The third-order valence-electron chi connectivity index (χ3n) is 9.18. The fourth-order valence-corrected chi connectivity index (χ4v) is 7.86. The third-order valence-corrected chi connectivity index (χ3v) is 9.92. The number of fused-ring (bicyclic) bond motifs is 2. The first-order valence-corrected chi connectivity index (χ1v) is 14.1. The van der Waals surface area contributed by atoms with Crippen LogP contribution in [0, 0.1) is 11.8 Å². The molecule has 3 aliphatic heterocycles. The molecule has 3 heterocycles. The van der Waals surface area contributed by atoms with E-state index in [4.69, 9.17) is 0 Å². The fourth-order valence-electron chi connectivity index (χ4n) is 7.33. The number of halogens is 3. The van der Waals surface area contributed by atoms with Gasteiger partial charge in [-0.15, -0.1) is 0 Å². The Labute approximate surface area is 237 Å². The number of nitrogens with two attached hydrogens (primary N) is 2. The van der Waals surface area contributed by atoms with Gasteiger partial charge in [0.15, 0.2) is 0 Å². The first-order valence-electron chi connectivity index (χ1n) is 13.4. The van der Waals surface area contributed by atoms with Gasteiger partial charge in [-0.1, -0.05) is 85.1 Å². The monoisotopic (exact) mass is 595 g/mol. The number of carbonyl (C=O) groups is 1. The average Bonchev–Trinajstić information content (AvgIpc) is 3.29. The molecule has 0 saturated carbocycles. The summed E-state index contributed by atoms with van der Waals surface area (Å²) in [5.74, 6) is 1.59. The van der Waals surface area contributed by atoms with Crippen molar-refractivity contribution in [2.24, 2.45) is 11.8 Å². The number of quaternary nitrogens is 2. The molecule has 0 unspecified atom stereocenters. The van der Waals surface area contributed by atoms with Crippen LogP contribution >= 0.6 is 15.9 Å².